The van der Waals surface area contributed by atoms with Crippen molar-refractivity contribution in [3.8, 4) is 0 Å². The van der Waals surface area contributed by atoms with Gasteiger partial charge in [-0.05, 0) is 49.2 Å². The first-order valence-corrected chi connectivity index (χ1v) is 6.92. The van der Waals surface area contributed by atoms with Crippen molar-refractivity contribution in [3.63, 3.8) is 0 Å². The van der Waals surface area contributed by atoms with Crippen molar-refractivity contribution < 1.29 is 0 Å². The van der Waals surface area contributed by atoms with Crippen LogP contribution in [0.1, 0.15) is 30.1 Å². The van der Waals surface area contributed by atoms with Gasteiger partial charge in [-0.1, -0.05) is 23.7 Å². The van der Waals surface area contributed by atoms with Crippen LogP contribution in [0.15, 0.2) is 24.3 Å². The van der Waals surface area contributed by atoms with Crippen LogP contribution < -0.4 is 0 Å². The Bertz CT molecular complexity index is 595. The number of hydrogen-bond donors (Lipinski definition) is 1. The van der Waals surface area contributed by atoms with E-state index in [1.807, 2.05) is 12.1 Å². The van der Waals surface area contributed by atoms with Gasteiger partial charge < -0.3 is 4.57 Å². The maximum atomic E-state index is 5.87. The Balaban J connectivity index is 1.74. The molecular weight excluding hydrogens is 266 g/mol. The fraction of sp³-hybridized carbons (Fsp3) is 0.385. The van der Waals surface area contributed by atoms with Crippen LogP contribution in [0.2, 0.25) is 5.02 Å². The Hall–Kier alpha value is -1.13. The summed E-state index contributed by atoms with van der Waals surface area (Å²) in [5.41, 5.74) is 1.27. The number of H-pyrrole nitrogens is 1. The van der Waals surface area contributed by atoms with E-state index in [4.69, 9.17) is 23.8 Å². The molecule has 1 aromatic carbocycles. The molecule has 0 atom stereocenters. The van der Waals surface area contributed by atoms with Crippen molar-refractivity contribution in [2.45, 2.75) is 31.7 Å². The molecule has 5 heteroatoms. The van der Waals surface area contributed by atoms with Crippen LogP contribution in [0.25, 0.3) is 0 Å². The molecule has 0 radical (unpaired) electrons. The third-order valence-corrected chi connectivity index (χ3v) is 3.83. The highest BCUT2D eigenvalue weighted by Crippen LogP contribution is 2.38. The van der Waals surface area contributed by atoms with Crippen molar-refractivity contribution in [2.24, 2.45) is 0 Å². The van der Waals surface area contributed by atoms with E-state index in [1.165, 1.54) is 18.4 Å². The molecule has 18 heavy (non-hydrogen) atoms. The van der Waals surface area contributed by atoms with Gasteiger partial charge in [-0.15, -0.1) is 0 Å². The Morgan fingerprint density at radius 2 is 2.06 bits per heavy atom. The molecule has 1 saturated carbocycles. The molecule has 1 aromatic heterocycles. The molecule has 0 amide bonds. The second-order valence-corrected chi connectivity index (χ2v) is 5.51. The van der Waals surface area contributed by atoms with Gasteiger partial charge in [0.1, 0.15) is 5.82 Å². The summed E-state index contributed by atoms with van der Waals surface area (Å²) in [6, 6.07) is 7.96. The molecule has 3 rings (SSSR count). The maximum Gasteiger partial charge on any atom is 0.195 e. The lowest BCUT2D eigenvalue weighted by Crippen LogP contribution is -2.05. The molecule has 3 nitrogen and oxygen atoms in total. The van der Waals surface area contributed by atoms with Gasteiger partial charge in [-0.2, -0.15) is 5.10 Å². The summed E-state index contributed by atoms with van der Waals surface area (Å²) in [6.45, 7) is 0.878. The molecule has 1 fully saturated rings. The topological polar surface area (TPSA) is 33.6 Å². The van der Waals surface area contributed by atoms with Crippen molar-refractivity contribution >= 4 is 23.8 Å². The number of nitrogens with one attached hydrogen (secondary N) is 1. The molecule has 0 saturated heterocycles. The van der Waals surface area contributed by atoms with Crippen LogP contribution >= 0.6 is 23.8 Å². The van der Waals surface area contributed by atoms with Crippen LogP contribution in [0.4, 0.5) is 0 Å². The normalized spacial score (nSPS) is 14.9. The number of rotatable bonds is 4. The van der Waals surface area contributed by atoms with E-state index >= 15 is 0 Å². The molecule has 0 spiro atoms. The summed E-state index contributed by atoms with van der Waals surface area (Å²) >= 11 is 11.2. The van der Waals surface area contributed by atoms with E-state index in [-0.39, 0.29) is 0 Å². The van der Waals surface area contributed by atoms with Crippen molar-refractivity contribution in [3.05, 3.63) is 45.4 Å². The molecule has 1 aliphatic carbocycles. The minimum absolute atomic E-state index is 0.614. The molecule has 1 N–H and O–H groups in total. The highest BCUT2D eigenvalue weighted by Gasteiger charge is 2.28. The van der Waals surface area contributed by atoms with Crippen LogP contribution in [0, 0.1) is 4.77 Å². The van der Waals surface area contributed by atoms with E-state index in [9.17, 15) is 0 Å². The fourth-order valence-corrected chi connectivity index (χ4v) is 2.45. The van der Waals surface area contributed by atoms with Gasteiger partial charge in [0, 0.05) is 17.5 Å². The number of halogens is 1. The largest absolute Gasteiger partial charge is 0.304 e. The minimum Gasteiger partial charge on any atom is -0.304 e. The van der Waals surface area contributed by atoms with Crippen LogP contribution in [0.5, 0.6) is 0 Å². The molecule has 0 unspecified atom stereocenters. The number of aromatic nitrogens is 3. The number of benzene rings is 1. The Morgan fingerprint density at radius 1 is 1.33 bits per heavy atom. The quantitative estimate of drug-likeness (QED) is 0.866. The third-order valence-electron chi connectivity index (χ3n) is 3.27. The van der Waals surface area contributed by atoms with Gasteiger partial charge in [-0.25, -0.2) is 0 Å². The Kier molecular flexibility index (Phi) is 3.22. The second-order valence-electron chi connectivity index (χ2n) is 4.69. The lowest BCUT2D eigenvalue weighted by atomic mass is 10.1. The predicted octanol–water partition coefficient (Wildman–Crippen LogP) is 3.71. The van der Waals surface area contributed by atoms with E-state index in [0.29, 0.717) is 5.92 Å². The summed E-state index contributed by atoms with van der Waals surface area (Å²) < 4.78 is 2.85. The maximum absolute atomic E-state index is 5.87. The highest BCUT2D eigenvalue weighted by molar-refractivity contribution is 7.71. The van der Waals surface area contributed by atoms with E-state index in [0.717, 1.165) is 28.6 Å². The lowest BCUT2D eigenvalue weighted by Gasteiger charge is -2.06. The Labute approximate surface area is 116 Å². The van der Waals surface area contributed by atoms with E-state index in [2.05, 4.69) is 26.9 Å². The Morgan fingerprint density at radius 3 is 2.72 bits per heavy atom. The summed E-state index contributed by atoms with van der Waals surface area (Å²) in [5.74, 6) is 1.73. The van der Waals surface area contributed by atoms with E-state index < -0.39 is 0 Å². The van der Waals surface area contributed by atoms with Crippen LogP contribution in [0.3, 0.4) is 0 Å². The standard InChI is InChI=1S/C13H14ClN3S/c14-11-5-1-9(2-6-11)7-8-17-12(10-3-4-10)15-16-13(17)18/h1-2,5-6,10H,3-4,7-8H2,(H,16,18). The molecule has 0 bridgehead atoms. The van der Waals surface area contributed by atoms with Gasteiger partial charge in [0.2, 0.25) is 0 Å². The molecule has 1 heterocycles. The number of nitrogens with zero attached hydrogens (tertiary/aromatic N) is 2. The first-order chi connectivity index (χ1) is 8.74. The van der Waals surface area contributed by atoms with Crippen LogP contribution in [-0.2, 0) is 13.0 Å². The first kappa shape index (κ1) is 11.9. The molecule has 1 aliphatic rings. The van der Waals surface area contributed by atoms with Crippen molar-refractivity contribution in [1.29, 1.82) is 0 Å². The number of hydrogen-bond acceptors (Lipinski definition) is 2. The highest BCUT2D eigenvalue weighted by atomic mass is 35.5. The average molecular weight is 280 g/mol. The summed E-state index contributed by atoms with van der Waals surface area (Å²) in [5, 5.41) is 8.00. The smallest absolute Gasteiger partial charge is 0.195 e. The van der Waals surface area contributed by atoms with Gasteiger partial charge >= 0.3 is 0 Å². The van der Waals surface area contributed by atoms with Gasteiger partial charge in [0.15, 0.2) is 4.77 Å². The SMILES string of the molecule is S=c1[nH]nc(C2CC2)n1CCc1ccc(Cl)cc1. The van der Waals surface area contributed by atoms with E-state index in [1.54, 1.807) is 0 Å². The summed E-state index contributed by atoms with van der Waals surface area (Å²) in [4.78, 5) is 0. The van der Waals surface area contributed by atoms with Gasteiger partial charge in [0.05, 0.1) is 0 Å². The molecule has 0 aliphatic heterocycles. The average Bonchev–Trinajstić information content (AvgIpc) is 3.14. The van der Waals surface area contributed by atoms with Gasteiger partial charge in [-0.3, -0.25) is 5.10 Å². The zero-order chi connectivity index (χ0) is 12.5. The third kappa shape index (κ3) is 2.49. The van der Waals surface area contributed by atoms with Crippen molar-refractivity contribution in [1.82, 2.24) is 14.8 Å². The molecular formula is C13H14ClN3S. The van der Waals surface area contributed by atoms with Gasteiger partial charge in [0.25, 0.3) is 0 Å². The fourth-order valence-electron chi connectivity index (χ4n) is 2.09. The number of aryl methyl sites for hydroxylation is 1. The minimum atomic E-state index is 0.614. The summed E-state index contributed by atoms with van der Waals surface area (Å²) in [6.07, 6.45) is 3.42. The second kappa shape index (κ2) is 4.86. The monoisotopic (exact) mass is 279 g/mol. The molecule has 2 aromatic rings. The lowest BCUT2D eigenvalue weighted by molar-refractivity contribution is 0.645. The predicted molar refractivity (Wildman–Crippen MR) is 74.5 cm³/mol. The van der Waals surface area contributed by atoms with Crippen molar-refractivity contribution in [2.75, 3.05) is 0 Å². The number of aromatic amines is 1. The zero-order valence-electron chi connectivity index (χ0n) is 9.90. The molecule has 94 valence electrons. The van der Waals surface area contributed by atoms with Crippen LogP contribution in [-0.4, -0.2) is 14.8 Å². The first-order valence-electron chi connectivity index (χ1n) is 6.13. The zero-order valence-corrected chi connectivity index (χ0v) is 11.5. The summed E-state index contributed by atoms with van der Waals surface area (Å²) in [7, 11) is 0.